The third kappa shape index (κ3) is 4.74. The van der Waals surface area contributed by atoms with Crippen molar-refractivity contribution in [3.05, 3.63) is 76.4 Å². The predicted molar refractivity (Wildman–Crippen MR) is 104 cm³/mol. The second kappa shape index (κ2) is 8.77. The van der Waals surface area contributed by atoms with E-state index in [1.807, 2.05) is 13.8 Å². The summed E-state index contributed by atoms with van der Waals surface area (Å²) in [5.41, 5.74) is 2.65. The van der Waals surface area contributed by atoms with E-state index in [9.17, 15) is 9.18 Å². The van der Waals surface area contributed by atoms with Crippen LogP contribution in [-0.4, -0.2) is 18.2 Å². The molecule has 1 atom stereocenters. The van der Waals surface area contributed by atoms with Crippen LogP contribution in [0.4, 0.5) is 4.39 Å². The van der Waals surface area contributed by atoms with Crippen molar-refractivity contribution in [1.82, 2.24) is 5.16 Å². The van der Waals surface area contributed by atoms with Crippen molar-refractivity contribution in [2.45, 2.75) is 33.5 Å². The Kier molecular flexibility index (Phi) is 6.16. The van der Waals surface area contributed by atoms with Crippen molar-refractivity contribution in [3.8, 4) is 11.5 Å². The van der Waals surface area contributed by atoms with Gasteiger partial charge in [-0.05, 0) is 56.7 Å². The summed E-state index contributed by atoms with van der Waals surface area (Å²) >= 11 is 0. The van der Waals surface area contributed by atoms with E-state index in [-0.39, 0.29) is 12.4 Å². The SMILES string of the molecule is COc1cc(C(=O)OC(C)c2ccc(F)cc2)ccc1OCc1c(C)noc1C. The van der Waals surface area contributed by atoms with Crippen molar-refractivity contribution in [2.24, 2.45) is 0 Å². The monoisotopic (exact) mass is 399 g/mol. The van der Waals surface area contributed by atoms with Crippen LogP contribution in [0.5, 0.6) is 11.5 Å². The quantitative estimate of drug-likeness (QED) is 0.524. The fraction of sp³-hybridized carbons (Fsp3) is 0.273. The van der Waals surface area contributed by atoms with Crippen LogP contribution < -0.4 is 9.47 Å². The number of aryl methyl sites for hydroxylation is 2. The van der Waals surface area contributed by atoms with E-state index in [1.165, 1.54) is 19.2 Å². The Morgan fingerprint density at radius 3 is 2.48 bits per heavy atom. The van der Waals surface area contributed by atoms with E-state index in [0.717, 1.165) is 11.3 Å². The molecular formula is C22H22FNO5. The highest BCUT2D eigenvalue weighted by Crippen LogP contribution is 2.30. The average molecular weight is 399 g/mol. The van der Waals surface area contributed by atoms with Crippen molar-refractivity contribution in [1.29, 1.82) is 0 Å². The second-order valence-electron chi connectivity index (χ2n) is 6.56. The topological polar surface area (TPSA) is 70.8 Å². The molecule has 0 N–H and O–H groups in total. The van der Waals surface area contributed by atoms with Crippen molar-refractivity contribution in [2.75, 3.05) is 7.11 Å². The molecule has 0 saturated carbocycles. The lowest BCUT2D eigenvalue weighted by molar-refractivity contribution is 0.0337. The van der Waals surface area contributed by atoms with Gasteiger partial charge in [0.15, 0.2) is 11.5 Å². The standard InChI is InChI=1S/C22H22FNO5/c1-13-19(15(3)29-24-13)12-27-20-10-7-17(11-21(20)26-4)22(25)28-14(2)16-5-8-18(23)9-6-16/h5-11,14H,12H2,1-4H3. The molecule has 0 spiro atoms. The molecule has 0 saturated heterocycles. The molecule has 0 aliphatic rings. The molecule has 0 aliphatic heterocycles. The molecule has 152 valence electrons. The van der Waals surface area contributed by atoms with Gasteiger partial charge in [0.05, 0.1) is 23.9 Å². The van der Waals surface area contributed by atoms with Gasteiger partial charge in [0, 0.05) is 0 Å². The summed E-state index contributed by atoms with van der Waals surface area (Å²) in [6.45, 7) is 5.65. The molecule has 0 fully saturated rings. The van der Waals surface area contributed by atoms with Gasteiger partial charge in [0.1, 0.15) is 24.3 Å². The van der Waals surface area contributed by atoms with Crippen LogP contribution in [0.2, 0.25) is 0 Å². The Morgan fingerprint density at radius 2 is 1.86 bits per heavy atom. The van der Waals surface area contributed by atoms with E-state index in [1.54, 1.807) is 37.3 Å². The zero-order chi connectivity index (χ0) is 21.0. The molecule has 1 unspecified atom stereocenters. The number of halogens is 1. The van der Waals surface area contributed by atoms with E-state index in [0.29, 0.717) is 28.4 Å². The van der Waals surface area contributed by atoms with Crippen LogP contribution in [0.3, 0.4) is 0 Å². The zero-order valence-electron chi connectivity index (χ0n) is 16.7. The number of methoxy groups -OCH3 is 1. The smallest absolute Gasteiger partial charge is 0.338 e. The van der Waals surface area contributed by atoms with E-state index < -0.39 is 12.1 Å². The lowest BCUT2D eigenvalue weighted by Crippen LogP contribution is -2.10. The molecule has 1 heterocycles. The average Bonchev–Trinajstić information content (AvgIpc) is 3.04. The molecule has 0 aliphatic carbocycles. The van der Waals surface area contributed by atoms with Crippen molar-refractivity contribution in [3.63, 3.8) is 0 Å². The Bertz CT molecular complexity index is 977. The van der Waals surface area contributed by atoms with Crippen molar-refractivity contribution >= 4 is 5.97 Å². The first-order chi connectivity index (χ1) is 13.9. The fourth-order valence-electron chi connectivity index (χ4n) is 2.80. The Hall–Kier alpha value is -3.35. The summed E-state index contributed by atoms with van der Waals surface area (Å²) in [6, 6.07) is 10.6. The number of hydrogen-bond acceptors (Lipinski definition) is 6. The minimum absolute atomic E-state index is 0.267. The summed E-state index contributed by atoms with van der Waals surface area (Å²) in [4.78, 5) is 12.5. The number of esters is 1. The Balaban J connectivity index is 1.70. The minimum atomic E-state index is -0.524. The number of benzene rings is 2. The molecule has 1 aromatic heterocycles. The van der Waals surface area contributed by atoms with E-state index in [4.69, 9.17) is 18.7 Å². The first kappa shape index (κ1) is 20.4. The molecule has 3 aromatic rings. The summed E-state index contributed by atoms with van der Waals surface area (Å²) in [7, 11) is 1.49. The van der Waals surface area contributed by atoms with Gasteiger partial charge in [-0.25, -0.2) is 9.18 Å². The molecule has 29 heavy (non-hydrogen) atoms. The number of rotatable bonds is 7. The van der Waals surface area contributed by atoms with Gasteiger partial charge in [-0.1, -0.05) is 17.3 Å². The third-order valence-corrected chi connectivity index (χ3v) is 4.58. The summed E-state index contributed by atoms with van der Waals surface area (Å²) in [5, 5.41) is 3.90. The van der Waals surface area contributed by atoms with E-state index >= 15 is 0 Å². The summed E-state index contributed by atoms with van der Waals surface area (Å²) < 4.78 is 34.8. The van der Waals surface area contributed by atoms with Crippen LogP contribution in [-0.2, 0) is 11.3 Å². The molecule has 6 nitrogen and oxygen atoms in total. The maximum absolute atomic E-state index is 13.1. The van der Waals surface area contributed by atoms with Gasteiger partial charge in [-0.3, -0.25) is 0 Å². The predicted octanol–water partition coefficient (Wildman–Crippen LogP) is 4.94. The minimum Gasteiger partial charge on any atom is -0.493 e. The summed E-state index contributed by atoms with van der Waals surface area (Å²) in [5.74, 6) is 0.717. The normalized spacial score (nSPS) is 11.8. The first-order valence-electron chi connectivity index (χ1n) is 9.08. The lowest BCUT2D eigenvalue weighted by atomic mass is 10.1. The van der Waals surface area contributed by atoms with Gasteiger partial charge >= 0.3 is 5.97 Å². The molecule has 7 heteroatoms. The zero-order valence-corrected chi connectivity index (χ0v) is 16.7. The third-order valence-electron chi connectivity index (χ3n) is 4.58. The van der Waals surface area contributed by atoms with Gasteiger partial charge in [-0.2, -0.15) is 0 Å². The van der Waals surface area contributed by atoms with Gasteiger partial charge in [0.2, 0.25) is 0 Å². The van der Waals surface area contributed by atoms with E-state index in [2.05, 4.69) is 5.16 Å². The largest absolute Gasteiger partial charge is 0.493 e. The number of ether oxygens (including phenoxy) is 3. The number of hydrogen-bond donors (Lipinski definition) is 0. The fourth-order valence-corrected chi connectivity index (χ4v) is 2.80. The molecule has 2 aromatic carbocycles. The highest BCUT2D eigenvalue weighted by atomic mass is 19.1. The van der Waals surface area contributed by atoms with Crippen LogP contribution >= 0.6 is 0 Å². The Labute approximate surface area is 168 Å². The maximum atomic E-state index is 13.1. The molecule has 0 bridgehead atoms. The Morgan fingerprint density at radius 1 is 1.14 bits per heavy atom. The van der Waals surface area contributed by atoms with Gasteiger partial charge < -0.3 is 18.7 Å². The van der Waals surface area contributed by atoms with Crippen LogP contribution in [0.15, 0.2) is 47.0 Å². The number of carbonyl (C=O) groups excluding carboxylic acids is 1. The highest BCUT2D eigenvalue weighted by Gasteiger charge is 2.17. The maximum Gasteiger partial charge on any atom is 0.338 e. The van der Waals surface area contributed by atoms with Gasteiger partial charge in [0.25, 0.3) is 0 Å². The highest BCUT2D eigenvalue weighted by molar-refractivity contribution is 5.90. The second-order valence-corrected chi connectivity index (χ2v) is 6.56. The number of nitrogens with zero attached hydrogens (tertiary/aromatic N) is 1. The van der Waals surface area contributed by atoms with Gasteiger partial charge in [-0.15, -0.1) is 0 Å². The van der Waals surface area contributed by atoms with Crippen LogP contribution in [0.1, 0.15) is 46.0 Å². The lowest BCUT2D eigenvalue weighted by Gasteiger charge is -2.15. The van der Waals surface area contributed by atoms with Crippen LogP contribution in [0.25, 0.3) is 0 Å². The number of aromatic nitrogens is 1. The number of carbonyl (C=O) groups is 1. The molecular weight excluding hydrogens is 377 g/mol. The summed E-state index contributed by atoms with van der Waals surface area (Å²) in [6.07, 6.45) is -0.524. The molecule has 3 rings (SSSR count). The van der Waals surface area contributed by atoms with Crippen LogP contribution in [0, 0.1) is 19.7 Å². The molecule has 0 amide bonds. The first-order valence-corrected chi connectivity index (χ1v) is 9.08. The molecule has 0 radical (unpaired) electrons. The van der Waals surface area contributed by atoms with Crippen molar-refractivity contribution < 1.29 is 27.9 Å².